The summed E-state index contributed by atoms with van der Waals surface area (Å²) in [7, 11) is 0. The number of nitrogens with zero attached hydrogens (tertiary/aromatic N) is 2. The van der Waals surface area contributed by atoms with Crippen molar-refractivity contribution < 1.29 is 0 Å². The second-order valence-electron chi connectivity index (χ2n) is 4.01. The number of thiol groups is 1. The summed E-state index contributed by atoms with van der Waals surface area (Å²) in [6.07, 6.45) is 0. The molecule has 1 heterocycles. The highest BCUT2D eigenvalue weighted by molar-refractivity contribution is 7.82. The number of benzene rings is 2. The van der Waals surface area contributed by atoms with Crippen molar-refractivity contribution in [1.82, 2.24) is 0 Å². The lowest BCUT2D eigenvalue weighted by Crippen LogP contribution is -2.05. The minimum atomic E-state index is 0.955. The molecule has 3 rings (SSSR count). The second kappa shape index (κ2) is 3.93. The molecule has 3 heteroatoms. The van der Waals surface area contributed by atoms with Gasteiger partial charge in [-0.1, -0.05) is 43.1 Å². The molecule has 0 spiro atoms. The van der Waals surface area contributed by atoms with Gasteiger partial charge in [-0.15, -0.1) is 0 Å². The summed E-state index contributed by atoms with van der Waals surface area (Å²) >= 11 is 4.59. The van der Waals surface area contributed by atoms with Gasteiger partial charge >= 0.3 is 0 Å². The summed E-state index contributed by atoms with van der Waals surface area (Å²) < 4.78 is 1.89. The Bertz CT molecular complexity index is 605. The van der Waals surface area contributed by atoms with E-state index in [1.54, 1.807) is 0 Å². The van der Waals surface area contributed by atoms with E-state index < -0.39 is 0 Å². The molecular weight excluding hydrogens is 228 g/mol. The molecule has 0 fully saturated rings. The van der Waals surface area contributed by atoms with Crippen LogP contribution in [0.15, 0.2) is 53.5 Å². The molecular formula is C14H12N2S. The lowest BCUT2D eigenvalue weighted by atomic mass is 10.1. The van der Waals surface area contributed by atoms with Crippen molar-refractivity contribution in [3.63, 3.8) is 0 Å². The Morgan fingerprint density at radius 3 is 2.41 bits per heavy atom. The fraction of sp³-hybridized carbons (Fsp3) is 0.0714. The van der Waals surface area contributed by atoms with Gasteiger partial charge in [-0.25, -0.2) is 0 Å². The van der Waals surface area contributed by atoms with Gasteiger partial charge in [-0.05, 0) is 25.1 Å². The third kappa shape index (κ3) is 1.63. The Morgan fingerprint density at radius 1 is 0.941 bits per heavy atom. The largest absolute Gasteiger partial charge is 0.284 e. The maximum atomic E-state index is 4.66. The zero-order valence-electron chi connectivity index (χ0n) is 9.46. The molecule has 2 aromatic rings. The molecule has 0 N–H and O–H groups in total. The molecule has 0 aromatic heterocycles. The normalized spacial score (nSPS) is 13.5. The van der Waals surface area contributed by atoms with Crippen LogP contribution in [0.3, 0.4) is 0 Å². The Hall–Kier alpha value is -1.74. The van der Waals surface area contributed by atoms with E-state index in [4.69, 9.17) is 0 Å². The minimum absolute atomic E-state index is 0.955. The molecule has 2 aromatic carbocycles. The third-order valence-corrected chi connectivity index (χ3v) is 3.35. The first kappa shape index (κ1) is 10.4. The molecule has 1 aliphatic heterocycles. The Morgan fingerprint density at radius 2 is 1.59 bits per heavy atom. The van der Waals surface area contributed by atoms with Crippen LogP contribution in [0.4, 0.5) is 17.1 Å². The second-order valence-corrected chi connectivity index (χ2v) is 4.41. The number of hydrogen-bond acceptors (Lipinski definition) is 3. The number of fused-ring (bicyclic) bond motifs is 2. The van der Waals surface area contributed by atoms with Gasteiger partial charge in [-0.3, -0.25) is 9.30 Å². The van der Waals surface area contributed by atoms with Gasteiger partial charge in [0.15, 0.2) is 0 Å². The Labute approximate surface area is 106 Å². The van der Waals surface area contributed by atoms with Gasteiger partial charge in [-0.2, -0.15) is 0 Å². The number of anilines is 2. The van der Waals surface area contributed by atoms with Crippen LogP contribution in [-0.2, 0) is 0 Å². The van der Waals surface area contributed by atoms with Gasteiger partial charge in [0.2, 0.25) is 0 Å². The molecule has 2 nitrogen and oxygen atoms in total. The number of aliphatic imine (C=N–C) groups is 1. The van der Waals surface area contributed by atoms with Crippen LogP contribution in [0, 0.1) is 0 Å². The fourth-order valence-electron chi connectivity index (χ4n) is 2.07. The number of rotatable bonds is 0. The molecule has 0 saturated carbocycles. The van der Waals surface area contributed by atoms with Crippen LogP contribution in [0.1, 0.15) is 12.5 Å². The molecule has 1 aliphatic rings. The predicted octanol–water partition coefficient (Wildman–Crippen LogP) is 4.12. The van der Waals surface area contributed by atoms with E-state index in [2.05, 4.69) is 29.9 Å². The number of hydrogen-bond donors (Lipinski definition) is 1. The monoisotopic (exact) mass is 240 g/mol. The highest BCUT2D eigenvalue weighted by atomic mass is 32.1. The third-order valence-electron chi connectivity index (χ3n) is 2.92. The maximum absolute atomic E-state index is 4.66. The van der Waals surface area contributed by atoms with E-state index in [9.17, 15) is 0 Å². The van der Waals surface area contributed by atoms with Crippen LogP contribution < -0.4 is 4.31 Å². The van der Waals surface area contributed by atoms with Crippen LogP contribution in [0.25, 0.3) is 0 Å². The fourth-order valence-corrected chi connectivity index (χ4v) is 2.42. The van der Waals surface area contributed by atoms with Gasteiger partial charge in [0, 0.05) is 11.3 Å². The minimum Gasteiger partial charge on any atom is -0.284 e. The van der Waals surface area contributed by atoms with Crippen LogP contribution in [0.2, 0.25) is 0 Å². The summed E-state index contributed by atoms with van der Waals surface area (Å²) in [5.41, 5.74) is 5.18. The lowest BCUT2D eigenvalue weighted by Gasteiger charge is -2.19. The highest BCUT2D eigenvalue weighted by Crippen LogP contribution is 2.40. The summed E-state index contributed by atoms with van der Waals surface area (Å²) in [4.78, 5) is 4.66. The molecule has 0 saturated heterocycles. The average Bonchev–Trinajstić information content (AvgIpc) is 2.48. The SMILES string of the molecule is CC1=Nc2ccccc2N(S)c2ccccc21. The van der Waals surface area contributed by atoms with Crippen LogP contribution >= 0.6 is 12.8 Å². The van der Waals surface area contributed by atoms with E-state index >= 15 is 0 Å². The van der Waals surface area contributed by atoms with Crippen molar-refractivity contribution >= 4 is 35.6 Å². The van der Waals surface area contributed by atoms with Crippen LogP contribution in [-0.4, -0.2) is 5.71 Å². The van der Waals surface area contributed by atoms with Crippen molar-refractivity contribution in [1.29, 1.82) is 0 Å². The molecule has 17 heavy (non-hydrogen) atoms. The Kier molecular flexibility index (Phi) is 2.41. The molecule has 0 radical (unpaired) electrons. The molecule has 84 valence electrons. The molecule has 0 aliphatic carbocycles. The molecule has 0 amide bonds. The van der Waals surface area contributed by atoms with E-state index in [1.807, 2.05) is 47.6 Å². The molecule has 0 bridgehead atoms. The van der Waals surface area contributed by atoms with Gasteiger partial charge in [0.1, 0.15) is 0 Å². The van der Waals surface area contributed by atoms with E-state index in [1.165, 1.54) is 0 Å². The van der Waals surface area contributed by atoms with Crippen molar-refractivity contribution in [3.8, 4) is 0 Å². The topological polar surface area (TPSA) is 15.6 Å². The Balaban J connectivity index is 2.32. The van der Waals surface area contributed by atoms with Crippen molar-refractivity contribution in [2.24, 2.45) is 4.99 Å². The quantitative estimate of drug-likeness (QED) is 0.685. The zero-order valence-corrected chi connectivity index (χ0v) is 10.4. The lowest BCUT2D eigenvalue weighted by molar-refractivity contribution is 1.43. The standard InChI is InChI=1S/C14H12N2S/c1-10-11-6-2-4-8-13(11)16(17)14-9-5-3-7-12(14)15-10/h2-9,17H,1H3. The van der Waals surface area contributed by atoms with Crippen molar-refractivity contribution in [3.05, 3.63) is 54.1 Å². The summed E-state index contributed by atoms with van der Waals surface area (Å²) in [6.45, 7) is 2.03. The first-order valence-electron chi connectivity index (χ1n) is 5.50. The van der Waals surface area contributed by atoms with E-state index in [0.717, 1.165) is 28.3 Å². The van der Waals surface area contributed by atoms with Gasteiger partial charge in [0.05, 0.1) is 17.1 Å². The predicted molar refractivity (Wildman–Crippen MR) is 75.9 cm³/mol. The summed E-state index contributed by atoms with van der Waals surface area (Å²) in [5, 5.41) is 0. The molecule has 0 atom stereocenters. The van der Waals surface area contributed by atoms with E-state index in [-0.39, 0.29) is 0 Å². The average molecular weight is 240 g/mol. The number of para-hydroxylation sites is 3. The highest BCUT2D eigenvalue weighted by Gasteiger charge is 2.18. The van der Waals surface area contributed by atoms with Gasteiger partial charge < -0.3 is 0 Å². The van der Waals surface area contributed by atoms with Crippen LogP contribution in [0.5, 0.6) is 0 Å². The maximum Gasteiger partial charge on any atom is 0.0879 e. The summed E-state index contributed by atoms with van der Waals surface area (Å²) in [6, 6.07) is 16.2. The molecule has 0 unspecified atom stereocenters. The summed E-state index contributed by atoms with van der Waals surface area (Å²) in [5.74, 6) is 0. The first-order chi connectivity index (χ1) is 8.27. The van der Waals surface area contributed by atoms with E-state index in [0.29, 0.717) is 0 Å². The zero-order chi connectivity index (χ0) is 11.8. The van der Waals surface area contributed by atoms with Crippen molar-refractivity contribution in [2.45, 2.75) is 6.92 Å². The smallest absolute Gasteiger partial charge is 0.0879 e. The first-order valence-corrected chi connectivity index (χ1v) is 5.90. The van der Waals surface area contributed by atoms with Crippen molar-refractivity contribution in [2.75, 3.05) is 4.31 Å². The van der Waals surface area contributed by atoms with Gasteiger partial charge in [0.25, 0.3) is 0 Å².